The fourth-order valence-corrected chi connectivity index (χ4v) is 4.87. The molecule has 10 heteroatoms. The summed E-state index contributed by atoms with van der Waals surface area (Å²) in [5.74, 6) is 1.31. The highest BCUT2D eigenvalue weighted by molar-refractivity contribution is 7.89. The van der Waals surface area contributed by atoms with Crippen molar-refractivity contribution in [1.29, 1.82) is 0 Å². The maximum Gasteiger partial charge on any atom is 0.242 e. The van der Waals surface area contributed by atoms with Gasteiger partial charge in [0.1, 0.15) is 5.82 Å². The lowest BCUT2D eigenvalue weighted by Gasteiger charge is -2.33. The molecule has 0 aliphatic carbocycles. The van der Waals surface area contributed by atoms with Crippen LogP contribution in [-0.2, 0) is 33.0 Å². The minimum Gasteiger partial charge on any atom is -0.374 e. The highest BCUT2D eigenvalue weighted by atomic mass is 32.2. The fourth-order valence-electron chi connectivity index (χ4n) is 3.95. The molecule has 0 spiro atoms. The summed E-state index contributed by atoms with van der Waals surface area (Å²) < 4.78 is 33.6. The van der Waals surface area contributed by atoms with Crippen molar-refractivity contribution in [2.45, 2.75) is 37.7 Å². The molecule has 1 saturated heterocycles. The van der Waals surface area contributed by atoms with E-state index in [9.17, 15) is 13.2 Å². The third-order valence-corrected chi connectivity index (χ3v) is 7.48. The molecule has 1 aromatic carbocycles. The quantitative estimate of drug-likeness (QED) is 0.598. The van der Waals surface area contributed by atoms with Crippen molar-refractivity contribution in [2.24, 2.45) is 13.0 Å². The van der Waals surface area contributed by atoms with Crippen LogP contribution < -0.4 is 5.32 Å². The van der Waals surface area contributed by atoms with Gasteiger partial charge in [-0.05, 0) is 24.1 Å². The lowest BCUT2D eigenvalue weighted by molar-refractivity contribution is -0.122. The van der Waals surface area contributed by atoms with Crippen molar-refractivity contribution in [1.82, 2.24) is 24.1 Å². The monoisotopic (exact) mass is 465 g/mol. The van der Waals surface area contributed by atoms with Crippen LogP contribution in [0.3, 0.4) is 0 Å². The predicted molar refractivity (Wildman–Crippen MR) is 124 cm³/mol. The van der Waals surface area contributed by atoms with E-state index >= 15 is 0 Å². The van der Waals surface area contributed by atoms with Gasteiger partial charge >= 0.3 is 0 Å². The minimum atomic E-state index is -3.52. The summed E-state index contributed by atoms with van der Waals surface area (Å²) in [6.07, 6.45) is 0.791. The Morgan fingerprint density at radius 1 is 1.34 bits per heavy atom. The number of sulfonamides is 1. The van der Waals surface area contributed by atoms with Crippen LogP contribution in [0.2, 0.25) is 0 Å². The molecule has 1 N–H and O–H groups in total. The zero-order valence-corrected chi connectivity index (χ0v) is 20.5. The molecular weight excluding hydrogens is 430 g/mol. The van der Waals surface area contributed by atoms with Crippen molar-refractivity contribution in [3.8, 4) is 0 Å². The summed E-state index contributed by atoms with van der Waals surface area (Å²) in [6.45, 7) is 8.41. The molecule has 1 aliphatic rings. The molecule has 1 aromatic heterocycles. The Morgan fingerprint density at radius 3 is 2.78 bits per heavy atom. The normalized spacial score (nSPS) is 18.0. The summed E-state index contributed by atoms with van der Waals surface area (Å²) in [4.78, 5) is 19.6. The van der Waals surface area contributed by atoms with Gasteiger partial charge in [-0.15, -0.1) is 0 Å². The fraction of sp³-hybridized carbons (Fsp3) is 0.636. The molecule has 9 nitrogen and oxygen atoms in total. The summed E-state index contributed by atoms with van der Waals surface area (Å²) >= 11 is 0. The lowest BCUT2D eigenvalue weighted by Crippen LogP contribution is -2.48. The number of hydrogen-bond donors (Lipinski definition) is 1. The Morgan fingerprint density at radius 2 is 2.09 bits per heavy atom. The minimum absolute atomic E-state index is 0.0132. The molecule has 1 unspecified atom stereocenters. The maximum absolute atomic E-state index is 12.4. The van der Waals surface area contributed by atoms with Crippen LogP contribution >= 0.6 is 0 Å². The zero-order chi connectivity index (χ0) is 23.5. The van der Waals surface area contributed by atoms with E-state index in [4.69, 9.17) is 4.74 Å². The third-order valence-electron chi connectivity index (χ3n) is 5.67. The largest absolute Gasteiger partial charge is 0.374 e. The van der Waals surface area contributed by atoms with Gasteiger partial charge in [-0.25, -0.2) is 17.7 Å². The number of carbonyl (C=O) groups is 1. The third kappa shape index (κ3) is 5.86. The predicted octanol–water partition coefficient (Wildman–Crippen LogP) is 1.23. The highest BCUT2D eigenvalue weighted by Crippen LogP contribution is 2.22. The molecule has 0 bridgehead atoms. The van der Waals surface area contributed by atoms with E-state index in [2.05, 4.69) is 29.0 Å². The number of imidazole rings is 1. The molecule has 0 saturated carbocycles. The number of aromatic nitrogens is 2. The Labute approximate surface area is 190 Å². The van der Waals surface area contributed by atoms with Gasteiger partial charge in [0, 0.05) is 60.2 Å². The first-order valence-corrected chi connectivity index (χ1v) is 12.5. The van der Waals surface area contributed by atoms with Crippen molar-refractivity contribution in [3.05, 3.63) is 24.0 Å². The maximum atomic E-state index is 12.4. The second kappa shape index (κ2) is 10.3. The number of fused-ring (bicyclic) bond motifs is 1. The van der Waals surface area contributed by atoms with Gasteiger partial charge in [0.2, 0.25) is 15.9 Å². The number of ether oxygens (including phenoxy) is 1. The van der Waals surface area contributed by atoms with Crippen molar-refractivity contribution >= 4 is 27.0 Å². The molecule has 1 atom stereocenters. The van der Waals surface area contributed by atoms with Crippen LogP contribution in [0.1, 0.15) is 26.1 Å². The summed E-state index contributed by atoms with van der Waals surface area (Å²) in [6, 6.07) is 4.92. The molecule has 1 amide bonds. The van der Waals surface area contributed by atoms with Crippen molar-refractivity contribution in [2.75, 3.05) is 46.9 Å². The van der Waals surface area contributed by atoms with Gasteiger partial charge in [-0.3, -0.25) is 9.69 Å². The van der Waals surface area contributed by atoms with E-state index in [0.717, 1.165) is 31.0 Å². The highest BCUT2D eigenvalue weighted by Gasteiger charge is 2.22. The molecule has 1 fully saturated rings. The first-order valence-electron chi connectivity index (χ1n) is 11.1. The Hall–Kier alpha value is -2.01. The second-order valence-corrected chi connectivity index (χ2v) is 11.1. The number of aryl methyl sites for hydroxylation is 2. The molecule has 178 valence electrons. The number of nitrogens with zero attached hydrogens (tertiary/aromatic N) is 4. The first-order chi connectivity index (χ1) is 15.1. The smallest absolute Gasteiger partial charge is 0.242 e. The Bertz CT molecular complexity index is 1050. The zero-order valence-electron chi connectivity index (χ0n) is 19.7. The average molecular weight is 466 g/mol. The molecule has 3 rings (SSSR count). The SMILES string of the molecule is CC(C)CN1CCOC(CNC(=O)CCc2nc3cc(S(=O)(=O)N(C)C)ccc3n2C)C1. The van der Waals surface area contributed by atoms with E-state index < -0.39 is 10.0 Å². The molecular formula is C22H35N5O4S. The number of carbonyl (C=O) groups excluding carboxylic acids is 1. The molecule has 2 heterocycles. The summed E-state index contributed by atoms with van der Waals surface area (Å²) in [5.41, 5.74) is 1.44. The lowest BCUT2D eigenvalue weighted by atomic mass is 10.2. The van der Waals surface area contributed by atoms with Gasteiger partial charge in [0.15, 0.2) is 0 Å². The topological polar surface area (TPSA) is 96.8 Å². The molecule has 1 aliphatic heterocycles. The van der Waals surface area contributed by atoms with E-state index in [-0.39, 0.29) is 16.9 Å². The van der Waals surface area contributed by atoms with E-state index in [0.29, 0.717) is 37.4 Å². The Balaban J connectivity index is 1.56. The number of hydrogen-bond acceptors (Lipinski definition) is 6. The molecule has 2 aromatic rings. The van der Waals surface area contributed by atoms with Crippen LogP contribution in [0.4, 0.5) is 0 Å². The number of rotatable bonds is 9. The van der Waals surface area contributed by atoms with Crippen LogP contribution in [0, 0.1) is 5.92 Å². The van der Waals surface area contributed by atoms with Crippen LogP contribution in [0.15, 0.2) is 23.1 Å². The summed E-state index contributed by atoms with van der Waals surface area (Å²) in [5, 5.41) is 2.98. The van der Waals surface area contributed by atoms with Gasteiger partial charge in [-0.1, -0.05) is 13.8 Å². The first kappa shape index (κ1) is 24.6. The van der Waals surface area contributed by atoms with Gasteiger partial charge in [-0.2, -0.15) is 0 Å². The van der Waals surface area contributed by atoms with Gasteiger partial charge in [0.25, 0.3) is 0 Å². The number of amides is 1. The van der Waals surface area contributed by atoms with Crippen LogP contribution in [0.5, 0.6) is 0 Å². The van der Waals surface area contributed by atoms with Crippen LogP contribution in [0.25, 0.3) is 11.0 Å². The van der Waals surface area contributed by atoms with E-state index in [1.807, 2.05) is 11.6 Å². The van der Waals surface area contributed by atoms with E-state index in [1.165, 1.54) is 18.4 Å². The number of morpholine rings is 1. The van der Waals surface area contributed by atoms with E-state index in [1.54, 1.807) is 18.2 Å². The molecule has 32 heavy (non-hydrogen) atoms. The van der Waals surface area contributed by atoms with Gasteiger partial charge in [0.05, 0.1) is 28.6 Å². The van der Waals surface area contributed by atoms with Crippen LogP contribution in [-0.4, -0.2) is 86.1 Å². The summed E-state index contributed by atoms with van der Waals surface area (Å²) in [7, 11) is 1.36. The second-order valence-electron chi connectivity index (χ2n) is 8.98. The van der Waals surface area contributed by atoms with Crippen molar-refractivity contribution < 1.29 is 17.9 Å². The van der Waals surface area contributed by atoms with Crippen molar-refractivity contribution in [3.63, 3.8) is 0 Å². The average Bonchev–Trinajstić information content (AvgIpc) is 3.05. The standard InChI is InChI=1S/C22H35N5O4S/c1-16(2)14-27-10-11-31-17(15-27)13-23-22(28)9-8-21-24-19-12-18(32(29,30)25(3)4)6-7-20(19)26(21)5/h6-7,12,16-17H,8-11,13-15H2,1-5H3,(H,23,28). The molecule has 0 radical (unpaired) electrons. The Kier molecular flexibility index (Phi) is 7.92. The number of nitrogens with one attached hydrogen (secondary N) is 1. The van der Waals surface area contributed by atoms with Gasteiger partial charge < -0.3 is 14.6 Å². The number of benzene rings is 1.